The first-order chi connectivity index (χ1) is 17.5. The van der Waals surface area contributed by atoms with Gasteiger partial charge < -0.3 is 26.0 Å². The maximum absolute atomic E-state index is 12.7. The van der Waals surface area contributed by atoms with Crippen LogP contribution in [0.3, 0.4) is 0 Å². The number of aromatic carboxylic acids is 3. The first-order valence-electron chi connectivity index (χ1n) is 10.5. The fourth-order valence-electron chi connectivity index (χ4n) is 3.14. The molecular weight excluding hydrogens is 524 g/mol. The summed E-state index contributed by atoms with van der Waals surface area (Å²) in [6.07, 6.45) is 0. The summed E-state index contributed by atoms with van der Waals surface area (Å²) in [6.45, 7) is 1.63. The molecule has 0 saturated carbocycles. The van der Waals surface area contributed by atoms with Crippen LogP contribution < -0.4 is 10.6 Å². The van der Waals surface area contributed by atoms with Gasteiger partial charge in [-0.3, -0.25) is 9.59 Å². The van der Waals surface area contributed by atoms with E-state index in [2.05, 4.69) is 10.6 Å². The monoisotopic (exact) mass is 542 g/mol. The SMILES string of the molecule is CC(Sc1cccc(NC(=O)c2ccc(C(=O)O)cc2C(=O)O)c1)C(=O)Nc1cc(C(=O)O)ccc1Cl. The lowest BCUT2D eigenvalue weighted by molar-refractivity contribution is -0.115. The molecule has 3 aromatic rings. The van der Waals surface area contributed by atoms with E-state index in [1.54, 1.807) is 31.2 Å². The minimum atomic E-state index is -1.45. The number of benzene rings is 3. The Morgan fingerprint density at radius 3 is 2.08 bits per heavy atom. The van der Waals surface area contributed by atoms with Crippen molar-refractivity contribution < 1.29 is 39.3 Å². The first kappa shape index (κ1) is 27.2. The molecular formula is C25H19ClN2O8S. The average molecular weight is 543 g/mol. The van der Waals surface area contributed by atoms with Gasteiger partial charge in [0.1, 0.15) is 0 Å². The van der Waals surface area contributed by atoms with Gasteiger partial charge in [-0.1, -0.05) is 17.7 Å². The number of hydrogen-bond acceptors (Lipinski definition) is 6. The number of thioether (sulfide) groups is 1. The average Bonchev–Trinajstić information content (AvgIpc) is 2.84. The van der Waals surface area contributed by atoms with Crippen LogP contribution in [0.5, 0.6) is 0 Å². The highest BCUT2D eigenvalue weighted by molar-refractivity contribution is 8.00. The third-order valence-electron chi connectivity index (χ3n) is 4.99. The molecule has 0 aliphatic carbocycles. The van der Waals surface area contributed by atoms with E-state index in [9.17, 15) is 29.1 Å². The molecule has 3 aromatic carbocycles. The second kappa shape index (κ2) is 11.6. The molecule has 0 aliphatic heterocycles. The van der Waals surface area contributed by atoms with Crippen molar-refractivity contribution in [3.8, 4) is 0 Å². The zero-order chi connectivity index (χ0) is 27.3. The van der Waals surface area contributed by atoms with Crippen molar-refractivity contribution in [3.05, 3.63) is 87.9 Å². The molecule has 0 bridgehead atoms. The molecule has 1 atom stereocenters. The predicted octanol–water partition coefficient (Wildman–Crippen LogP) is 4.81. The van der Waals surface area contributed by atoms with Crippen LogP contribution in [-0.4, -0.2) is 50.3 Å². The first-order valence-corrected chi connectivity index (χ1v) is 11.7. The Labute approximate surface area is 219 Å². The van der Waals surface area contributed by atoms with E-state index in [-0.39, 0.29) is 27.4 Å². The smallest absolute Gasteiger partial charge is 0.336 e. The van der Waals surface area contributed by atoms with Gasteiger partial charge in [0.15, 0.2) is 0 Å². The molecule has 5 N–H and O–H groups in total. The van der Waals surface area contributed by atoms with Crippen molar-refractivity contribution in [3.63, 3.8) is 0 Å². The lowest BCUT2D eigenvalue weighted by atomic mass is 10.0. The number of hydrogen-bond donors (Lipinski definition) is 5. The Bertz CT molecular complexity index is 1430. The Hall–Kier alpha value is -4.35. The van der Waals surface area contributed by atoms with Crippen LogP contribution in [0.4, 0.5) is 11.4 Å². The number of carbonyl (C=O) groups excluding carboxylic acids is 2. The highest BCUT2D eigenvalue weighted by Crippen LogP contribution is 2.29. The Kier molecular flexibility index (Phi) is 8.53. The summed E-state index contributed by atoms with van der Waals surface area (Å²) < 4.78 is 0. The van der Waals surface area contributed by atoms with Crippen LogP contribution in [0.1, 0.15) is 48.4 Å². The summed E-state index contributed by atoms with van der Waals surface area (Å²) in [4.78, 5) is 59.8. The summed E-state index contributed by atoms with van der Waals surface area (Å²) in [5.41, 5.74) is -0.507. The molecule has 2 amide bonds. The largest absolute Gasteiger partial charge is 0.478 e. The van der Waals surface area contributed by atoms with Crippen LogP contribution in [-0.2, 0) is 4.79 Å². The highest BCUT2D eigenvalue weighted by Gasteiger charge is 2.20. The minimum absolute atomic E-state index is 0.0351. The molecule has 0 aliphatic rings. The maximum atomic E-state index is 12.7. The van der Waals surface area contributed by atoms with Crippen LogP contribution in [0.15, 0.2) is 65.6 Å². The van der Waals surface area contributed by atoms with Gasteiger partial charge in [0.2, 0.25) is 5.91 Å². The van der Waals surface area contributed by atoms with Gasteiger partial charge >= 0.3 is 17.9 Å². The molecule has 10 nitrogen and oxygen atoms in total. The normalized spacial score (nSPS) is 11.3. The van der Waals surface area contributed by atoms with Gasteiger partial charge in [0.05, 0.1) is 38.2 Å². The van der Waals surface area contributed by atoms with Gasteiger partial charge in [-0.2, -0.15) is 0 Å². The maximum Gasteiger partial charge on any atom is 0.336 e. The van der Waals surface area contributed by atoms with E-state index >= 15 is 0 Å². The van der Waals surface area contributed by atoms with Crippen LogP contribution in [0.2, 0.25) is 5.02 Å². The lowest BCUT2D eigenvalue weighted by Crippen LogP contribution is -2.22. The third kappa shape index (κ3) is 6.87. The number of nitrogens with one attached hydrogen (secondary N) is 2. The second-order valence-electron chi connectivity index (χ2n) is 7.60. The fourth-order valence-corrected chi connectivity index (χ4v) is 4.24. The van der Waals surface area contributed by atoms with Crippen LogP contribution in [0.25, 0.3) is 0 Å². The molecule has 0 aromatic heterocycles. The number of rotatable bonds is 9. The summed E-state index contributed by atoms with van der Waals surface area (Å²) in [7, 11) is 0. The van der Waals surface area contributed by atoms with Gasteiger partial charge in [0.25, 0.3) is 5.91 Å². The van der Waals surface area contributed by atoms with Crippen LogP contribution in [0, 0.1) is 0 Å². The molecule has 12 heteroatoms. The summed E-state index contributed by atoms with van der Waals surface area (Å²) in [6, 6.07) is 13.6. The number of carbonyl (C=O) groups is 5. The predicted molar refractivity (Wildman–Crippen MR) is 137 cm³/mol. The molecule has 0 heterocycles. The van der Waals surface area contributed by atoms with Crippen molar-refractivity contribution in [1.29, 1.82) is 0 Å². The van der Waals surface area contributed by atoms with Crippen LogP contribution >= 0.6 is 23.4 Å². The van der Waals surface area contributed by atoms with Gasteiger partial charge in [-0.25, -0.2) is 14.4 Å². The van der Waals surface area contributed by atoms with Gasteiger partial charge in [0, 0.05) is 10.6 Å². The fraction of sp³-hybridized carbons (Fsp3) is 0.0800. The van der Waals surface area contributed by atoms with Crippen molar-refractivity contribution >= 4 is 64.5 Å². The Morgan fingerprint density at radius 1 is 0.784 bits per heavy atom. The number of halogens is 1. The van der Waals surface area contributed by atoms with E-state index in [4.69, 9.17) is 21.8 Å². The zero-order valence-electron chi connectivity index (χ0n) is 19.0. The Morgan fingerprint density at radius 2 is 1.43 bits per heavy atom. The number of anilines is 2. The molecule has 0 saturated heterocycles. The van der Waals surface area contributed by atoms with E-state index in [1.165, 1.54) is 18.2 Å². The quantitative estimate of drug-likeness (QED) is 0.238. The Balaban J connectivity index is 1.72. The summed E-state index contributed by atoms with van der Waals surface area (Å²) in [5, 5.41) is 32.3. The number of carboxylic acids is 3. The second-order valence-corrected chi connectivity index (χ2v) is 9.42. The van der Waals surface area contributed by atoms with Crippen molar-refractivity contribution in [2.45, 2.75) is 17.1 Å². The van der Waals surface area contributed by atoms with E-state index in [1.807, 2.05) is 0 Å². The van der Waals surface area contributed by atoms with Gasteiger partial charge in [-0.05, 0) is 61.5 Å². The van der Waals surface area contributed by atoms with Crippen molar-refractivity contribution in [2.75, 3.05) is 10.6 Å². The van der Waals surface area contributed by atoms with E-state index < -0.39 is 40.5 Å². The topological polar surface area (TPSA) is 170 Å². The number of carboxylic acid groups (broad SMARTS) is 3. The third-order valence-corrected chi connectivity index (χ3v) is 6.41. The van der Waals surface area contributed by atoms with Gasteiger partial charge in [-0.15, -0.1) is 11.8 Å². The molecule has 0 spiro atoms. The summed E-state index contributed by atoms with van der Waals surface area (Å²) >= 11 is 7.22. The lowest BCUT2D eigenvalue weighted by Gasteiger charge is -2.14. The zero-order valence-corrected chi connectivity index (χ0v) is 20.6. The van der Waals surface area contributed by atoms with E-state index in [0.717, 1.165) is 30.0 Å². The molecule has 190 valence electrons. The van der Waals surface area contributed by atoms with Crippen molar-refractivity contribution in [1.82, 2.24) is 0 Å². The minimum Gasteiger partial charge on any atom is -0.478 e. The number of amides is 2. The molecule has 37 heavy (non-hydrogen) atoms. The standard InChI is InChI=1S/C25H19ClN2O8S/c1-12(21(29)28-20-10-14(24(33)34)6-8-19(20)26)37-16-4-2-3-15(11-16)27-22(30)17-7-5-13(23(31)32)9-18(17)25(35)36/h2-12H,1H3,(H,27,30)(H,28,29)(H,31,32)(H,33,34)(H,35,36). The van der Waals surface area contributed by atoms with E-state index in [0.29, 0.717) is 10.6 Å². The highest BCUT2D eigenvalue weighted by atomic mass is 35.5. The molecule has 0 fully saturated rings. The summed E-state index contributed by atoms with van der Waals surface area (Å²) in [5.74, 6) is -5.13. The molecule has 3 rings (SSSR count). The molecule has 0 radical (unpaired) electrons. The van der Waals surface area contributed by atoms with Crippen molar-refractivity contribution in [2.24, 2.45) is 0 Å². The molecule has 1 unspecified atom stereocenters.